The number of Topliss-reactive ketones (excluding diaryl/α,β-unsaturated/α-hetero) is 1. The second-order valence-corrected chi connectivity index (χ2v) is 13.0. The number of furan rings is 1. The Balaban J connectivity index is 1.33. The summed E-state index contributed by atoms with van der Waals surface area (Å²) in [4.78, 5) is 25.8. The zero-order chi connectivity index (χ0) is 27.1. The molecule has 8 atom stereocenters. The zero-order valence-electron chi connectivity index (χ0n) is 20.7. The molecular weight excluding hydrogens is 529 g/mol. The number of rotatable bonds is 5. The van der Waals surface area contributed by atoms with Crippen molar-refractivity contribution in [3.63, 3.8) is 0 Å². The van der Waals surface area contributed by atoms with E-state index in [0.717, 1.165) is 25.7 Å². The van der Waals surface area contributed by atoms with Gasteiger partial charge in [-0.2, -0.15) is 21.6 Å². The number of halogens is 3. The molecule has 0 aromatic carbocycles. The van der Waals surface area contributed by atoms with Crippen LogP contribution in [0.3, 0.4) is 0 Å². The van der Waals surface area contributed by atoms with Gasteiger partial charge in [0.05, 0.1) is 12.4 Å². The van der Waals surface area contributed by atoms with Crippen molar-refractivity contribution in [2.75, 3.05) is 6.61 Å². The Bertz CT molecular complexity index is 1270. The van der Waals surface area contributed by atoms with Crippen LogP contribution in [0.2, 0.25) is 0 Å². The second kappa shape index (κ2) is 8.74. The predicted octanol–water partition coefficient (Wildman–Crippen LogP) is 4.62. The number of fused-ring (bicyclic) bond motifs is 7. The Morgan fingerprint density at radius 2 is 1.97 bits per heavy atom. The van der Waals surface area contributed by atoms with E-state index in [1.54, 1.807) is 18.2 Å². The number of hydrogen-bond donors (Lipinski definition) is 0. The average molecular weight is 559 g/mol. The van der Waals surface area contributed by atoms with Crippen LogP contribution >= 0.6 is 0 Å². The summed E-state index contributed by atoms with van der Waals surface area (Å²) in [6, 6.07) is 3.24. The molecular formula is C26H29F3O8S. The molecule has 1 aromatic rings. The molecule has 0 amide bonds. The molecule has 3 saturated carbocycles. The third kappa shape index (κ3) is 3.70. The van der Waals surface area contributed by atoms with E-state index in [0.29, 0.717) is 36.9 Å². The fraction of sp³-hybridized carbons (Fsp3) is 0.692. The van der Waals surface area contributed by atoms with E-state index in [2.05, 4.69) is 4.18 Å². The topological polar surface area (TPSA) is 109 Å². The van der Waals surface area contributed by atoms with E-state index in [4.69, 9.17) is 13.9 Å². The molecule has 4 aliphatic carbocycles. The third-order valence-electron chi connectivity index (χ3n) is 9.86. The fourth-order valence-electron chi connectivity index (χ4n) is 8.29. The normalized spacial score (nSPS) is 40.6. The van der Waals surface area contributed by atoms with E-state index in [1.807, 2.05) is 6.92 Å². The minimum atomic E-state index is -5.97. The van der Waals surface area contributed by atoms with Crippen LogP contribution in [0.1, 0.15) is 63.9 Å². The van der Waals surface area contributed by atoms with Crippen molar-refractivity contribution in [1.29, 1.82) is 0 Å². The zero-order valence-corrected chi connectivity index (χ0v) is 21.6. The molecule has 0 radical (unpaired) electrons. The van der Waals surface area contributed by atoms with Crippen LogP contribution in [0.4, 0.5) is 13.2 Å². The number of ether oxygens (including phenoxy) is 2. The molecule has 0 bridgehead atoms. The summed E-state index contributed by atoms with van der Waals surface area (Å²) in [6.45, 7) is 0.605. The first-order valence-corrected chi connectivity index (χ1v) is 14.4. The van der Waals surface area contributed by atoms with Crippen LogP contribution in [0.5, 0.6) is 0 Å². The number of carbonyl (C=O) groups is 2. The van der Waals surface area contributed by atoms with E-state index in [9.17, 15) is 31.2 Å². The SMILES string of the molecule is C[C@]12CC[C@H]3[C@@H](CCC4=CC(=O)CC[C@@H]43)[C@@H]1C[C@H]1O[C@@H](c3ccco3)O[C@]12C(=O)COS(=O)(=O)C(F)(F)F. The van der Waals surface area contributed by atoms with Crippen LogP contribution in [0.15, 0.2) is 34.5 Å². The number of hydrogen-bond acceptors (Lipinski definition) is 8. The molecule has 12 heteroatoms. The summed E-state index contributed by atoms with van der Waals surface area (Å²) < 4.78 is 84.2. The first-order valence-electron chi connectivity index (χ1n) is 13.0. The monoisotopic (exact) mass is 558 g/mol. The van der Waals surface area contributed by atoms with E-state index in [-0.39, 0.29) is 17.6 Å². The van der Waals surface area contributed by atoms with Crippen molar-refractivity contribution < 1.29 is 49.3 Å². The summed E-state index contributed by atoms with van der Waals surface area (Å²) in [7, 11) is -5.97. The van der Waals surface area contributed by atoms with Crippen LogP contribution in [0, 0.1) is 29.1 Å². The average Bonchev–Trinajstić information content (AvgIpc) is 3.56. The lowest BCUT2D eigenvalue weighted by Gasteiger charge is -2.55. The summed E-state index contributed by atoms with van der Waals surface area (Å²) >= 11 is 0. The number of carbonyl (C=O) groups excluding carboxylic acids is 2. The largest absolute Gasteiger partial charge is 0.523 e. The smallest absolute Gasteiger partial charge is 0.464 e. The molecule has 2 heterocycles. The Kier molecular flexibility index (Phi) is 6.03. The lowest BCUT2D eigenvalue weighted by atomic mass is 9.50. The molecule has 38 heavy (non-hydrogen) atoms. The lowest BCUT2D eigenvalue weighted by Crippen LogP contribution is -2.60. The highest BCUT2D eigenvalue weighted by Crippen LogP contribution is 2.69. The minimum Gasteiger partial charge on any atom is -0.464 e. The maximum atomic E-state index is 13.8. The molecule has 208 valence electrons. The summed E-state index contributed by atoms with van der Waals surface area (Å²) in [5, 5.41) is 0. The van der Waals surface area contributed by atoms with Crippen molar-refractivity contribution in [3.05, 3.63) is 35.8 Å². The molecule has 8 nitrogen and oxygen atoms in total. The van der Waals surface area contributed by atoms with Crippen LogP contribution in [-0.2, 0) is 33.4 Å². The first kappa shape index (κ1) is 26.2. The number of alkyl halides is 3. The van der Waals surface area contributed by atoms with Gasteiger partial charge in [-0.25, -0.2) is 0 Å². The van der Waals surface area contributed by atoms with Gasteiger partial charge in [0.1, 0.15) is 6.61 Å². The number of ketones is 2. The van der Waals surface area contributed by atoms with Crippen LogP contribution in [-0.4, -0.2) is 43.8 Å². The van der Waals surface area contributed by atoms with Gasteiger partial charge in [-0.3, -0.25) is 13.8 Å². The van der Waals surface area contributed by atoms with Gasteiger partial charge in [-0.15, -0.1) is 0 Å². The Hall–Kier alpha value is -2.02. The molecule has 0 unspecified atom stereocenters. The van der Waals surface area contributed by atoms with Gasteiger partial charge in [0, 0.05) is 11.8 Å². The van der Waals surface area contributed by atoms with Crippen molar-refractivity contribution in [2.24, 2.45) is 29.1 Å². The van der Waals surface area contributed by atoms with Crippen molar-refractivity contribution in [2.45, 2.75) is 75.4 Å². The van der Waals surface area contributed by atoms with Crippen molar-refractivity contribution in [3.8, 4) is 0 Å². The van der Waals surface area contributed by atoms with Gasteiger partial charge in [-0.1, -0.05) is 12.5 Å². The van der Waals surface area contributed by atoms with E-state index < -0.39 is 51.4 Å². The second-order valence-electron chi connectivity index (χ2n) is 11.4. The molecule has 1 saturated heterocycles. The van der Waals surface area contributed by atoms with Crippen LogP contribution in [0.25, 0.3) is 0 Å². The minimum absolute atomic E-state index is 0.0360. The van der Waals surface area contributed by atoms with Gasteiger partial charge in [0.15, 0.2) is 22.9 Å². The van der Waals surface area contributed by atoms with E-state index in [1.165, 1.54) is 11.8 Å². The van der Waals surface area contributed by atoms with Gasteiger partial charge in [0.25, 0.3) is 0 Å². The third-order valence-corrected chi connectivity index (χ3v) is 10.9. The van der Waals surface area contributed by atoms with Gasteiger partial charge in [-0.05, 0) is 80.4 Å². The molecule has 5 aliphatic rings. The summed E-state index contributed by atoms with van der Waals surface area (Å²) in [6.07, 6.45) is 6.04. The van der Waals surface area contributed by atoms with Gasteiger partial charge < -0.3 is 13.9 Å². The fourth-order valence-corrected chi connectivity index (χ4v) is 8.68. The lowest BCUT2D eigenvalue weighted by molar-refractivity contribution is -0.188. The quantitative estimate of drug-likeness (QED) is 0.381. The first-order chi connectivity index (χ1) is 17.9. The maximum Gasteiger partial charge on any atom is 0.523 e. The molecule has 0 N–H and O–H groups in total. The summed E-state index contributed by atoms with van der Waals surface area (Å²) in [5.41, 5.74) is -6.97. The van der Waals surface area contributed by atoms with Crippen molar-refractivity contribution in [1.82, 2.24) is 0 Å². The highest BCUT2D eigenvalue weighted by atomic mass is 32.2. The Labute approximate surface area is 218 Å². The standard InChI is InChI=1S/C26H29F3O8S/c1-24-9-8-17-16-7-5-15(30)11-14(16)4-6-18(17)19(24)12-22-25(24,37-23(36-22)20-3-2-10-34-20)21(31)13-35-38(32,33)26(27,28)29/h2-3,10-11,16-19,22-23H,4-9,12-13H2,1H3/t16-,17+,18+,19-,22+,23+,24-,25+/m0/s1. The number of allylic oxidation sites excluding steroid dienone is 1. The Morgan fingerprint density at radius 1 is 1.18 bits per heavy atom. The molecule has 1 aromatic heterocycles. The van der Waals surface area contributed by atoms with Crippen LogP contribution < -0.4 is 0 Å². The molecule has 1 aliphatic heterocycles. The van der Waals surface area contributed by atoms with Crippen molar-refractivity contribution >= 4 is 21.7 Å². The van der Waals surface area contributed by atoms with Gasteiger partial charge >= 0.3 is 15.6 Å². The Morgan fingerprint density at radius 3 is 2.68 bits per heavy atom. The van der Waals surface area contributed by atoms with Gasteiger partial charge in [0.2, 0.25) is 6.29 Å². The summed E-state index contributed by atoms with van der Waals surface area (Å²) in [5.74, 6) is 0.404. The predicted molar refractivity (Wildman–Crippen MR) is 124 cm³/mol. The molecule has 6 rings (SSSR count). The highest BCUT2D eigenvalue weighted by molar-refractivity contribution is 7.87. The molecule has 0 spiro atoms. The molecule has 4 fully saturated rings. The highest BCUT2D eigenvalue weighted by Gasteiger charge is 2.74. The maximum absolute atomic E-state index is 13.8. The van der Waals surface area contributed by atoms with E-state index >= 15 is 0 Å².